The quantitative estimate of drug-likeness (QED) is 0.327. The molecule has 3 aromatic rings. The molecule has 0 saturated carbocycles. The van der Waals surface area contributed by atoms with Crippen molar-refractivity contribution in [3.05, 3.63) is 98.4 Å². The van der Waals surface area contributed by atoms with E-state index in [-0.39, 0.29) is 27.7 Å². The molecule has 0 spiro atoms. The van der Waals surface area contributed by atoms with Gasteiger partial charge in [0.2, 0.25) is 5.91 Å². The summed E-state index contributed by atoms with van der Waals surface area (Å²) in [7, 11) is 0. The zero-order valence-electron chi connectivity index (χ0n) is 19.7. The maximum Gasteiger partial charge on any atom is 0.305 e. The molecule has 0 aliphatic rings. The molecule has 12 heteroatoms. The average Bonchev–Trinajstić information content (AvgIpc) is 2.88. The van der Waals surface area contributed by atoms with Gasteiger partial charge in [0.25, 0.3) is 11.5 Å². The van der Waals surface area contributed by atoms with Crippen LogP contribution in [-0.2, 0) is 20.8 Å². The van der Waals surface area contributed by atoms with Gasteiger partial charge >= 0.3 is 5.97 Å². The van der Waals surface area contributed by atoms with Crippen molar-refractivity contribution in [3.8, 4) is 0 Å². The highest BCUT2D eigenvalue weighted by atomic mass is 35.5. The van der Waals surface area contributed by atoms with Gasteiger partial charge in [0, 0.05) is 12.6 Å². The Morgan fingerprint density at radius 3 is 2.21 bits per heavy atom. The van der Waals surface area contributed by atoms with Crippen LogP contribution in [0.3, 0.4) is 0 Å². The Bertz CT molecular complexity index is 1390. The number of pyridine rings is 1. The number of nitrogens with one attached hydrogen (secondary N) is 2. The van der Waals surface area contributed by atoms with Crippen molar-refractivity contribution in [1.29, 1.82) is 0 Å². The van der Waals surface area contributed by atoms with Crippen molar-refractivity contribution >= 4 is 52.5 Å². The highest BCUT2D eigenvalue weighted by molar-refractivity contribution is 6.40. The highest BCUT2D eigenvalue weighted by Gasteiger charge is 2.29. The molecule has 1 aromatic heterocycles. The average molecular weight is 562 g/mol. The van der Waals surface area contributed by atoms with Gasteiger partial charge in [0.1, 0.15) is 24.4 Å². The lowest BCUT2D eigenvalue weighted by atomic mass is 10.0. The summed E-state index contributed by atoms with van der Waals surface area (Å²) < 4.78 is 14.1. The first-order valence-electron chi connectivity index (χ1n) is 11.2. The van der Waals surface area contributed by atoms with Gasteiger partial charge in [-0.25, -0.2) is 4.39 Å². The van der Waals surface area contributed by atoms with E-state index < -0.39 is 54.3 Å². The summed E-state index contributed by atoms with van der Waals surface area (Å²) in [6.45, 7) is -1.48. The molecule has 198 valence electrons. The number of carboxylic acid groups (broad SMARTS) is 1. The highest BCUT2D eigenvalue weighted by Crippen LogP contribution is 2.25. The van der Waals surface area contributed by atoms with E-state index in [9.17, 15) is 28.4 Å². The van der Waals surface area contributed by atoms with E-state index in [1.807, 2.05) is 0 Å². The summed E-state index contributed by atoms with van der Waals surface area (Å²) >= 11 is 12.2. The summed E-state index contributed by atoms with van der Waals surface area (Å²) in [5.41, 5.74) is -0.373. The van der Waals surface area contributed by atoms with E-state index in [2.05, 4.69) is 10.6 Å². The van der Waals surface area contributed by atoms with Gasteiger partial charge < -0.3 is 20.3 Å². The molecule has 0 bridgehead atoms. The van der Waals surface area contributed by atoms with Gasteiger partial charge in [-0.15, -0.1) is 0 Å². The van der Waals surface area contributed by atoms with Crippen molar-refractivity contribution in [2.75, 3.05) is 12.0 Å². The molecular formula is C26H22Cl2FN3O6. The molecule has 2 aromatic carbocycles. The number of alkyl halides is 1. The number of benzene rings is 2. The number of aromatic nitrogens is 1. The Morgan fingerprint density at radius 2 is 1.61 bits per heavy atom. The molecule has 3 N–H and O–H groups in total. The lowest BCUT2D eigenvalue weighted by Crippen LogP contribution is -2.47. The maximum absolute atomic E-state index is 13.4. The first-order chi connectivity index (χ1) is 18.1. The molecule has 9 nitrogen and oxygen atoms in total. The molecule has 0 radical (unpaired) electrons. The van der Waals surface area contributed by atoms with Crippen molar-refractivity contribution in [1.82, 2.24) is 9.88 Å². The number of nitrogens with zero attached hydrogens (tertiary/aromatic N) is 1. The summed E-state index contributed by atoms with van der Waals surface area (Å²) in [4.78, 5) is 62.6. The Balaban J connectivity index is 1.99. The Hall–Kier alpha value is -4.02. The summed E-state index contributed by atoms with van der Waals surface area (Å²) in [5, 5.41) is 13.9. The number of ketones is 1. The fourth-order valence-corrected chi connectivity index (χ4v) is 4.26. The molecule has 0 saturated heterocycles. The summed E-state index contributed by atoms with van der Waals surface area (Å²) in [6, 6.07) is 12.9. The van der Waals surface area contributed by atoms with Crippen molar-refractivity contribution in [2.45, 2.75) is 24.9 Å². The number of carbonyl (C=O) groups is 4. The number of Topliss-reactive ketones (excluding diaryl/α,β-unsaturated/α-hetero) is 1. The molecule has 3 rings (SSSR count). The lowest BCUT2D eigenvalue weighted by Gasteiger charge is -2.23. The number of carbonyl (C=O) groups excluding carboxylic acids is 3. The Labute approximate surface area is 226 Å². The van der Waals surface area contributed by atoms with Crippen LogP contribution in [0.4, 0.5) is 10.1 Å². The second kappa shape index (κ2) is 13.0. The topological polar surface area (TPSA) is 135 Å². The number of anilines is 1. The molecule has 0 aliphatic carbocycles. The van der Waals surface area contributed by atoms with Crippen LogP contribution >= 0.6 is 23.2 Å². The third kappa shape index (κ3) is 7.05. The molecule has 1 heterocycles. The maximum atomic E-state index is 13.4. The van der Waals surface area contributed by atoms with Gasteiger partial charge in [-0.2, -0.15) is 0 Å². The second-order valence-corrected chi connectivity index (χ2v) is 8.96. The van der Waals surface area contributed by atoms with Gasteiger partial charge in [0.15, 0.2) is 5.78 Å². The van der Waals surface area contributed by atoms with E-state index in [0.29, 0.717) is 5.56 Å². The Morgan fingerprint density at radius 1 is 0.947 bits per heavy atom. The minimum atomic E-state index is -1.63. The Kier molecular flexibility index (Phi) is 9.75. The van der Waals surface area contributed by atoms with Crippen molar-refractivity contribution in [3.63, 3.8) is 0 Å². The smallest absolute Gasteiger partial charge is 0.305 e. The zero-order chi connectivity index (χ0) is 27.8. The normalized spacial score (nSPS) is 12.3. The largest absolute Gasteiger partial charge is 0.481 e. The second-order valence-electron chi connectivity index (χ2n) is 8.15. The van der Waals surface area contributed by atoms with Gasteiger partial charge in [-0.05, 0) is 29.8 Å². The predicted octanol–water partition coefficient (Wildman–Crippen LogP) is 3.69. The van der Waals surface area contributed by atoms with Gasteiger partial charge in [0.05, 0.1) is 22.0 Å². The third-order valence-electron chi connectivity index (χ3n) is 5.54. The van der Waals surface area contributed by atoms with Crippen LogP contribution in [-0.4, -0.2) is 46.0 Å². The number of hydrogen-bond acceptors (Lipinski definition) is 5. The van der Waals surface area contributed by atoms with E-state index >= 15 is 0 Å². The third-order valence-corrected chi connectivity index (χ3v) is 6.17. The number of aliphatic carboxylic acids is 1. The van der Waals surface area contributed by atoms with Crippen LogP contribution in [0, 0.1) is 0 Å². The van der Waals surface area contributed by atoms with Crippen LogP contribution in [0.15, 0.2) is 71.7 Å². The number of carboxylic acids is 1. The van der Waals surface area contributed by atoms with E-state index in [4.69, 9.17) is 28.3 Å². The van der Waals surface area contributed by atoms with Crippen LogP contribution in [0.25, 0.3) is 0 Å². The van der Waals surface area contributed by atoms with Gasteiger partial charge in [-0.1, -0.05) is 59.6 Å². The fraction of sp³-hybridized carbons (Fsp3) is 0.192. The fourth-order valence-electron chi connectivity index (χ4n) is 3.69. The molecule has 38 heavy (non-hydrogen) atoms. The molecule has 0 aliphatic heterocycles. The van der Waals surface area contributed by atoms with Crippen LogP contribution < -0.4 is 16.2 Å². The van der Waals surface area contributed by atoms with Gasteiger partial charge in [-0.3, -0.25) is 24.0 Å². The van der Waals surface area contributed by atoms with Crippen LogP contribution in [0.2, 0.25) is 10.0 Å². The SMILES string of the molecule is O=C(O)C[C@H](NC(=O)[C@H](Cc1ccccc1)n1cccc(NC(=O)c2c(Cl)cccc2Cl)c1=O)C(=O)CF. The van der Waals surface area contributed by atoms with Crippen LogP contribution in [0.1, 0.15) is 28.4 Å². The first-order valence-corrected chi connectivity index (χ1v) is 12.0. The molecule has 0 fully saturated rings. The first kappa shape index (κ1) is 28.5. The number of rotatable bonds is 11. The number of hydrogen-bond donors (Lipinski definition) is 3. The number of halogens is 3. The summed E-state index contributed by atoms with van der Waals surface area (Å²) in [6.07, 6.45) is 0.427. The molecule has 0 unspecified atom stereocenters. The zero-order valence-corrected chi connectivity index (χ0v) is 21.2. The van der Waals surface area contributed by atoms with Crippen LogP contribution in [0.5, 0.6) is 0 Å². The molecular weight excluding hydrogens is 540 g/mol. The lowest BCUT2D eigenvalue weighted by molar-refractivity contribution is -0.140. The molecule has 2 amide bonds. The number of amides is 2. The van der Waals surface area contributed by atoms with E-state index in [0.717, 1.165) is 4.57 Å². The van der Waals surface area contributed by atoms with Crippen molar-refractivity contribution in [2.24, 2.45) is 0 Å². The van der Waals surface area contributed by atoms with E-state index in [1.54, 1.807) is 36.4 Å². The summed E-state index contributed by atoms with van der Waals surface area (Å²) in [5.74, 6) is -4.18. The molecule has 2 atom stereocenters. The standard InChI is InChI=1S/C26H22Cl2FN3O6/c27-16-8-4-9-17(28)23(16)25(37)30-18-10-5-11-32(26(18)38)20(12-15-6-2-1-3-7-15)24(36)31-19(13-22(34)35)21(33)14-29/h1-11,19-20H,12-14H2,(H,30,37)(H,31,36)(H,34,35)/t19-,20-/m0/s1. The monoisotopic (exact) mass is 561 g/mol. The predicted molar refractivity (Wildman–Crippen MR) is 139 cm³/mol. The van der Waals surface area contributed by atoms with Crippen molar-refractivity contribution < 1.29 is 28.7 Å². The van der Waals surface area contributed by atoms with E-state index in [1.165, 1.54) is 30.5 Å². The minimum absolute atomic E-state index is 0.0378. The minimum Gasteiger partial charge on any atom is -0.481 e.